The van der Waals surface area contributed by atoms with Crippen LogP contribution in [0.5, 0.6) is 0 Å². The molecule has 0 saturated heterocycles. The first-order chi connectivity index (χ1) is 5.49. The zero-order chi connectivity index (χ0) is 9.61. The van der Waals surface area contributed by atoms with Gasteiger partial charge in [0.05, 0.1) is 0 Å². The molecule has 2 nitrogen and oxygen atoms in total. The number of hydrogen-bond acceptors (Lipinski definition) is 2. The van der Waals surface area contributed by atoms with E-state index >= 15 is 0 Å². The van der Waals surface area contributed by atoms with Crippen LogP contribution in [-0.2, 0) is 0 Å². The molecule has 0 radical (unpaired) electrons. The van der Waals surface area contributed by atoms with Crippen molar-refractivity contribution in [3.8, 4) is 12.1 Å². The van der Waals surface area contributed by atoms with E-state index in [1.54, 1.807) is 0 Å². The van der Waals surface area contributed by atoms with E-state index in [-0.39, 0.29) is 5.92 Å². The molecule has 66 valence electrons. The van der Waals surface area contributed by atoms with Crippen molar-refractivity contribution >= 4 is 18.4 Å². The summed E-state index contributed by atoms with van der Waals surface area (Å²) in [4.78, 5) is 6.97. The van der Waals surface area contributed by atoms with Gasteiger partial charge < -0.3 is 0 Å². The van der Waals surface area contributed by atoms with E-state index in [9.17, 15) is 0 Å². The molecule has 0 aromatic heterocycles. The fraction of sp³-hybridized carbons (Fsp3) is 0.778. The molecule has 0 fully saturated rings. The first kappa shape index (κ1) is 11.8. The second-order valence-corrected chi connectivity index (χ2v) is 20.1. The first-order valence-corrected chi connectivity index (χ1v) is 14.8. The minimum absolute atomic E-state index is 0.139. The molecule has 0 saturated carbocycles. The monoisotopic (exact) mass is 272 g/mol. The first-order valence-electron chi connectivity index (χ1n) is 4.26. The fourth-order valence-corrected chi connectivity index (χ4v) is 6.25. The van der Waals surface area contributed by atoms with Crippen molar-refractivity contribution < 1.29 is 0 Å². The molecule has 0 spiro atoms. The summed E-state index contributed by atoms with van der Waals surface area (Å²) in [5.74, 6) is 0.139. The van der Waals surface area contributed by atoms with E-state index in [4.69, 9.17) is 10.5 Å². The van der Waals surface area contributed by atoms with Crippen LogP contribution in [0.2, 0.25) is 19.3 Å². The van der Waals surface area contributed by atoms with Gasteiger partial charge in [-0.1, -0.05) is 0 Å². The Balaban J connectivity index is 3.88. The Labute approximate surface area is 79.1 Å². The summed E-state index contributed by atoms with van der Waals surface area (Å²) in [7, 11) is 0. The zero-order valence-electron chi connectivity index (χ0n) is 8.09. The molecule has 0 aliphatic carbocycles. The summed E-state index contributed by atoms with van der Waals surface area (Å²) in [6.45, 7) is 0. The third-order valence-corrected chi connectivity index (χ3v) is 6.55. The average molecular weight is 271 g/mol. The van der Waals surface area contributed by atoms with Crippen molar-refractivity contribution in [2.45, 2.75) is 32.1 Å². The third kappa shape index (κ3) is 6.49. The van der Waals surface area contributed by atoms with E-state index in [0.717, 1.165) is 10.9 Å². The zero-order valence-corrected chi connectivity index (χ0v) is 10.9. The van der Waals surface area contributed by atoms with Crippen LogP contribution in [0.15, 0.2) is 0 Å². The topological polar surface area (TPSA) is 47.6 Å². The van der Waals surface area contributed by atoms with Gasteiger partial charge in [0, 0.05) is 0 Å². The minimum atomic E-state index is -1.80. The number of hydrogen-bond donors (Lipinski definition) is 0. The van der Waals surface area contributed by atoms with Crippen molar-refractivity contribution in [2.75, 3.05) is 0 Å². The van der Waals surface area contributed by atoms with E-state index in [0.29, 0.717) is 6.42 Å². The van der Waals surface area contributed by atoms with Gasteiger partial charge in [-0.15, -0.1) is 0 Å². The molecule has 3 heteroatoms. The molecule has 0 bridgehead atoms. The Morgan fingerprint density at radius 1 is 1.25 bits per heavy atom. The van der Waals surface area contributed by atoms with Gasteiger partial charge in [-0.25, -0.2) is 0 Å². The number of rotatable bonds is 4. The quantitative estimate of drug-likeness (QED) is 0.738. The van der Waals surface area contributed by atoms with Crippen LogP contribution in [0.25, 0.3) is 0 Å². The summed E-state index contributed by atoms with van der Waals surface area (Å²) < 4.78 is 1.09. The molecular formula is C9H16N2Sn. The third-order valence-electron chi connectivity index (χ3n) is 1.65. The van der Waals surface area contributed by atoms with Gasteiger partial charge in [-0.3, -0.25) is 0 Å². The Bertz CT molecular complexity index is 204. The van der Waals surface area contributed by atoms with Crippen LogP contribution in [0, 0.1) is 28.6 Å². The summed E-state index contributed by atoms with van der Waals surface area (Å²) in [5.41, 5.74) is 0. The van der Waals surface area contributed by atoms with Crippen LogP contribution in [0.4, 0.5) is 0 Å². The standard InChI is InChI=1S/C6H7N2.3CH3.Sn/c1-6(5-8)3-2-4-7;;;;/h6H,1-3H2;3*1H3;. The molecule has 0 aromatic carbocycles. The molecule has 0 rings (SSSR count). The Kier molecular flexibility index (Phi) is 5.33. The molecule has 0 heterocycles. The van der Waals surface area contributed by atoms with Crippen LogP contribution < -0.4 is 0 Å². The number of nitrogens with zero attached hydrogens (tertiary/aromatic N) is 2. The van der Waals surface area contributed by atoms with Gasteiger partial charge in [0.25, 0.3) is 0 Å². The normalized spacial score (nSPS) is 13.1. The van der Waals surface area contributed by atoms with E-state index < -0.39 is 18.4 Å². The average Bonchev–Trinajstić information content (AvgIpc) is 1.95. The Morgan fingerprint density at radius 2 is 1.83 bits per heavy atom. The van der Waals surface area contributed by atoms with Gasteiger partial charge >= 0.3 is 79.1 Å². The van der Waals surface area contributed by atoms with Crippen LogP contribution >= 0.6 is 0 Å². The molecule has 12 heavy (non-hydrogen) atoms. The van der Waals surface area contributed by atoms with Crippen LogP contribution in [0.1, 0.15) is 12.8 Å². The van der Waals surface area contributed by atoms with Crippen LogP contribution in [0.3, 0.4) is 0 Å². The van der Waals surface area contributed by atoms with Gasteiger partial charge in [-0.2, -0.15) is 0 Å². The summed E-state index contributed by atoms with van der Waals surface area (Å²) in [6.07, 6.45) is 1.29. The van der Waals surface area contributed by atoms with E-state index in [1.807, 2.05) is 0 Å². The fourth-order valence-electron chi connectivity index (χ4n) is 1.19. The van der Waals surface area contributed by atoms with Gasteiger partial charge in [-0.05, 0) is 0 Å². The van der Waals surface area contributed by atoms with Crippen molar-refractivity contribution in [1.29, 1.82) is 10.5 Å². The summed E-state index contributed by atoms with van der Waals surface area (Å²) in [6, 6.07) is 4.39. The van der Waals surface area contributed by atoms with Gasteiger partial charge in [0.1, 0.15) is 0 Å². The van der Waals surface area contributed by atoms with Crippen molar-refractivity contribution in [3.63, 3.8) is 0 Å². The second-order valence-electron chi connectivity index (χ2n) is 4.29. The van der Waals surface area contributed by atoms with Gasteiger partial charge in [0.2, 0.25) is 0 Å². The Hall–Kier alpha value is -0.221. The molecule has 0 aromatic rings. The SMILES string of the molecule is [CH3][Sn]([CH3])([CH3])[CH2]C(C#N)CCC#N. The van der Waals surface area contributed by atoms with E-state index in [2.05, 4.69) is 27.0 Å². The molecular weight excluding hydrogens is 255 g/mol. The predicted molar refractivity (Wildman–Crippen MR) is 52.1 cm³/mol. The molecule has 0 aliphatic heterocycles. The maximum atomic E-state index is 8.79. The van der Waals surface area contributed by atoms with Gasteiger partial charge in [0.15, 0.2) is 0 Å². The summed E-state index contributed by atoms with van der Waals surface area (Å²) >= 11 is -1.80. The predicted octanol–water partition coefficient (Wildman–Crippen LogP) is 2.77. The molecule has 0 aliphatic rings. The molecule has 0 amide bonds. The van der Waals surface area contributed by atoms with E-state index in [1.165, 1.54) is 0 Å². The van der Waals surface area contributed by atoms with Crippen molar-refractivity contribution in [2.24, 2.45) is 5.92 Å². The van der Waals surface area contributed by atoms with Crippen molar-refractivity contribution in [1.82, 2.24) is 0 Å². The summed E-state index contributed by atoms with van der Waals surface area (Å²) in [5, 5.41) is 17.2. The van der Waals surface area contributed by atoms with Crippen LogP contribution in [-0.4, -0.2) is 18.4 Å². The second kappa shape index (κ2) is 5.43. The maximum absolute atomic E-state index is 8.79. The molecule has 1 atom stereocenters. The number of nitriles is 2. The molecule has 0 N–H and O–H groups in total. The molecule has 1 unspecified atom stereocenters. The van der Waals surface area contributed by atoms with Crippen molar-refractivity contribution in [3.05, 3.63) is 0 Å². The Morgan fingerprint density at radius 3 is 2.17 bits per heavy atom.